The Hall–Kier alpha value is -3.69. The highest BCUT2D eigenvalue weighted by Crippen LogP contribution is 2.24. The third kappa shape index (κ3) is 7.16. The van der Waals surface area contributed by atoms with E-state index in [1.54, 1.807) is 27.7 Å². The Morgan fingerprint density at radius 1 is 1.21 bits per heavy atom. The molecule has 0 radical (unpaired) electrons. The lowest BCUT2D eigenvalue weighted by Crippen LogP contribution is -2.36. The summed E-state index contributed by atoms with van der Waals surface area (Å²) >= 11 is 0. The number of carbonyl (C=O) groups excluding carboxylic acids is 2. The van der Waals surface area contributed by atoms with Gasteiger partial charge in [0, 0.05) is 12.1 Å². The lowest BCUT2D eigenvalue weighted by molar-refractivity contribution is -0.385. The van der Waals surface area contributed by atoms with E-state index in [1.165, 1.54) is 13.0 Å². The number of aromatic nitrogens is 1. The molecule has 178 valence electrons. The van der Waals surface area contributed by atoms with Crippen LogP contribution in [0.5, 0.6) is 0 Å². The van der Waals surface area contributed by atoms with Crippen LogP contribution >= 0.6 is 0 Å². The SMILES string of the molecule is CCOC(=O)[C@H](Cc1ccccc1)Nc1cc(C)n(CC(=O)OC(C)(C)C)c(=O)c1[N+](=O)[O-]. The number of carbonyl (C=O) groups is 2. The number of esters is 2. The normalized spacial score (nSPS) is 12.0. The van der Waals surface area contributed by atoms with Gasteiger partial charge in [0.25, 0.3) is 0 Å². The summed E-state index contributed by atoms with van der Waals surface area (Å²) in [6, 6.07) is 9.46. The van der Waals surface area contributed by atoms with Crippen LogP contribution in [0.15, 0.2) is 41.2 Å². The summed E-state index contributed by atoms with van der Waals surface area (Å²) in [5.74, 6) is -1.30. The first-order valence-corrected chi connectivity index (χ1v) is 10.5. The van der Waals surface area contributed by atoms with Gasteiger partial charge in [-0.3, -0.25) is 24.3 Å². The van der Waals surface area contributed by atoms with Crippen molar-refractivity contribution in [2.24, 2.45) is 0 Å². The Morgan fingerprint density at radius 3 is 2.39 bits per heavy atom. The Balaban J connectivity index is 2.45. The van der Waals surface area contributed by atoms with Gasteiger partial charge in [0.2, 0.25) is 0 Å². The minimum Gasteiger partial charge on any atom is -0.464 e. The molecule has 1 N–H and O–H groups in total. The summed E-state index contributed by atoms with van der Waals surface area (Å²) in [6.07, 6.45) is 0.191. The van der Waals surface area contributed by atoms with Crippen molar-refractivity contribution in [3.05, 3.63) is 68.1 Å². The molecule has 2 aromatic rings. The van der Waals surface area contributed by atoms with E-state index in [-0.39, 0.29) is 18.7 Å². The molecule has 33 heavy (non-hydrogen) atoms. The first-order chi connectivity index (χ1) is 15.4. The second-order valence-electron chi connectivity index (χ2n) is 8.42. The van der Waals surface area contributed by atoms with Crippen LogP contribution in [0.25, 0.3) is 0 Å². The zero-order valence-corrected chi connectivity index (χ0v) is 19.4. The van der Waals surface area contributed by atoms with Gasteiger partial charge in [0.05, 0.1) is 11.5 Å². The van der Waals surface area contributed by atoms with E-state index in [1.807, 2.05) is 30.3 Å². The predicted molar refractivity (Wildman–Crippen MR) is 122 cm³/mol. The van der Waals surface area contributed by atoms with Gasteiger partial charge in [0.1, 0.15) is 23.9 Å². The number of nitro groups is 1. The van der Waals surface area contributed by atoms with Gasteiger partial charge < -0.3 is 14.8 Å². The molecule has 0 unspecified atom stereocenters. The average molecular weight is 459 g/mol. The maximum absolute atomic E-state index is 12.9. The summed E-state index contributed by atoms with van der Waals surface area (Å²) in [5.41, 5.74) is -1.55. The average Bonchev–Trinajstić information content (AvgIpc) is 2.70. The quantitative estimate of drug-likeness (QED) is 0.344. The van der Waals surface area contributed by atoms with Crippen LogP contribution in [0, 0.1) is 17.0 Å². The van der Waals surface area contributed by atoms with Crippen LogP contribution in [0.3, 0.4) is 0 Å². The van der Waals surface area contributed by atoms with Crippen molar-refractivity contribution in [3.63, 3.8) is 0 Å². The fourth-order valence-electron chi connectivity index (χ4n) is 3.22. The zero-order valence-electron chi connectivity index (χ0n) is 19.4. The van der Waals surface area contributed by atoms with Crippen molar-refractivity contribution in [2.45, 2.75) is 59.2 Å². The number of pyridine rings is 1. The van der Waals surface area contributed by atoms with E-state index in [9.17, 15) is 24.5 Å². The fourth-order valence-corrected chi connectivity index (χ4v) is 3.22. The Morgan fingerprint density at radius 2 is 1.85 bits per heavy atom. The van der Waals surface area contributed by atoms with Crippen LogP contribution in [0.4, 0.5) is 11.4 Å². The molecule has 0 aliphatic heterocycles. The summed E-state index contributed by atoms with van der Waals surface area (Å²) in [7, 11) is 0. The van der Waals surface area contributed by atoms with E-state index in [0.717, 1.165) is 10.1 Å². The molecule has 0 saturated heterocycles. The summed E-state index contributed by atoms with van der Waals surface area (Å²) in [4.78, 5) is 48.7. The van der Waals surface area contributed by atoms with E-state index in [0.29, 0.717) is 5.69 Å². The van der Waals surface area contributed by atoms with Crippen molar-refractivity contribution in [2.75, 3.05) is 11.9 Å². The molecule has 10 nitrogen and oxygen atoms in total. The second-order valence-corrected chi connectivity index (χ2v) is 8.42. The van der Waals surface area contributed by atoms with Crippen LogP contribution in [0.1, 0.15) is 39.0 Å². The minimum absolute atomic E-state index is 0.128. The number of hydrogen-bond acceptors (Lipinski definition) is 8. The Bertz CT molecular complexity index is 1070. The maximum atomic E-state index is 12.9. The predicted octanol–water partition coefficient (Wildman–Crippen LogP) is 2.99. The molecule has 0 spiro atoms. The number of rotatable bonds is 9. The molecule has 0 aliphatic rings. The number of anilines is 1. The molecule has 0 aliphatic carbocycles. The molecule has 10 heteroatoms. The highest BCUT2D eigenvalue weighted by molar-refractivity contribution is 5.81. The van der Waals surface area contributed by atoms with Gasteiger partial charge in [-0.1, -0.05) is 30.3 Å². The number of benzene rings is 1. The lowest BCUT2D eigenvalue weighted by Gasteiger charge is -2.21. The topological polar surface area (TPSA) is 130 Å². The largest absolute Gasteiger partial charge is 0.464 e. The number of nitrogens with zero attached hydrogens (tertiary/aromatic N) is 2. The zero-order chi connectivity index (χ0) is 24.8. The molecule has 1 atom stereocenters. The van der Waals surface area contributed by atoms with Crippen molar-refractivity contribution in [1.82, 2.24) is 4.57 Å². The highest BCUT2D eigenvalue weighted by atomic mass is 16.6. The van der Waals surface area contributed by atoms with Gasteiger partial charge in [-0.05, 0) is 46.2 Å². The van der Waals surface area contributed by atoms with Gasteiger partial charge in [0.15, 0.2) is 0 Å². The van der Waals surface area contributed by atoms with Gasteiger partial charge in [-0.2, -0.15) is 0 Å². The molecule has 0 fully saturated rings. The third-order valence-electron chi connectivity index (χ3n) is 4.56. The number of ether oxygens (including phenoxy) is 2. The Labute approximate surface area is 191 Å². The monoisotopic (exact) mass is 459 g/mol. The molecular formula is C23H29N3O7. The van der Waals surface area contributed by atoms with E-state index in [2.05, 4.69) is 5.32 Å². The molecule has 0 saturated carbocycles. The van der Waals surface area contributed by atoms with Gasteiger partial charge >= 0.3 is 23.2 Å². The van der Waals surface area contributed by atoms with E-state index < -0.39 is 46.3 Å². The molecular weight excluding hydrogens is 430 g/mol. The molecule has 1 aromatic carbocycles. The summed E-state index contributed by atoms with van der Waals surface area (Å²) in [5, 5.41) is 14.6. The van der Waals surface area contributed by atoms with Gasteiger partial charge in [-0.25, -0.2) is 4.79 Å². The van der Waals surface area contributed by atoms with Crippen LogP contribution in [-0.2, 0) is 32.0 Å². The molecule has 0 amide bonds. The van der Waals surface area contributed by atoms with Crippen LogP contribution in [-0.4, -0.2) is 39.7 Å². The maximum Gasteiger partial charge on any atom is 0.356 e. The minimum atomic E-state index is -0.976. The number of aryl methyl sites for hydroxylation is 1. The first-order valence-electron chi connectivity index (χ1n) is 10.5. The van der Waals surface area contributed by atoms with Gasteiger partial charge in [-0.15, -0.1) is 0 Å². The second kappa shape index (κ2) is 10.8. The van der Waals surface area contributed by atoms with Crippen LogP contribution in [0.2, 0.25) is 0 Å². The van der Waals surface area contributed by atoms with Crippen molar-refractivity contribution in [3.8, 4) is 0 Å². The standard InChI is InChI=1S/C23H29N3O7/c1-6-32-22(29)18(13-16-10-8-7-9-11-16)24-17-12-15(2)25(21(28)20(17)26(30)31)14-19(27)33-23(3,4)5/h7-12,18,24H,6,13-14H2,1-5H3/t18-/m0/s1. The molecule has 2 rings (SSSR count). The molecule has 1 heterocycles. The first kappa shape index (κ1) is 25.6. The smallest absolute Gasteiger partial charge is 0.356 e. The van der Waals surface area contributed by atoms with Crippen molar-refractivity contribution in [1.29, 1.82) is 0 Å². The molecule has 1 aromatic heterocycles. The van der Waals surface area contributed by atoms with Crippen LogP contribution < -0.4 is 10.9 Å². The van der Waals surface area contributed by atoms with Crippen molar-refractivity contribution >= 4 is 23.3 Å². The number of nitrogens with one attached hydrogen (secondary N) is 1. The molecule has 0 bridgehead atoms. The third-order valence-corrected chi connectivity index (χ3v) is 4.56. The van der Waals surface area contributed by atoms with E-state index >= 15 is 0 Å². The highest BCUT2D eigenvalue weighted by Gasteiger charge is 2.29. The fraction of sp³-hybridized carbons (Fsp3) is 0.435. The number of hydrogen-bond donors (Lipinski definition) is 1. The van der Waals surface area contributed by atoms with Crippen molar-refractivity contribution < 1.29 is 24.0 Å². The Kier molecular flexibility index (Phi) is 8.33. The van der Waals surface area contributed by atoms with E-state index in [4.69, 9.17) is 9.47 Å². The summed E-state index contributed by atoms with van der Waals surface area (Å²) in [6.45, 7) is 7.88. The summed E-state index contributed by atoms with van der Waals surface area (Å²) < 4.78 is 11.3. The lowest BCUT2D eigenvalue weighted by atomic mass is 10.1.